The smallest absolute Gasteiger partial charge is 0.215 e. The van der Waals surface area contributed by atoms with E-state index in [0.717, 1.165) is 28.6 Å². The van der Waals surface area contributed by atoms with Gasteiger partial charge in [-0.1, -0.05) is 60.9 Å². The fourth-order valence-corrected chi connectivity index (χ4v) is 2.91. The van der Waals surface area contributed by atoms with Gasteiger partial charge in [0.2, 0.25) is 10.2 Å². The Morgan fingerprint density at radius 1 is 0.857 bits per heavy atom. The Morgan fingerprint density at radius 2 is 1.43 bits per heavy atom. The number of thioether (sulfide) groups is 2. The molecule has 0 heterocycles. The number of hydrogen-bond donors (Lipinski definition) is 0. The Bertz CT molecular complexity index is 840. The van der Waals surface area contributed by atoms with E-state index in [1.807, 2.05) is 48.5 Å². The van der Waals surface area contributed by atoms with Gasteiger partial charge in [-0.2, -0.15) is 0 Å². The molecule has 4 nitrogen and oxygen atoms in total. The molecule has 0 fully saturated rings. The Morgan fingerprint density at radius 3 is 2.00 bits per heavy atom. The molecule has 0 aliphatic heterocycles. The summed E-state index contributed by atoms with van der Waals surface area (Å²) >= 11 is 2.20. The van der Waals surface area contributed by atoms with Crippen LogP contribution in [0.3, 0.4) is 0 Å². The highest BCUT2D eigenvalue weighted by Crippen LogP contribution is 2.25. The van der Waals surface area contributed by atoms with Crippen LogP contribution in [-0.4, -0.2) is 22.6 Å². The minimum atomic E-state index is -0.133. The van der Waals surface area contributed by atoms with E-state index in [9.17, 15) is 9.59 Å². The molecule has 0 aromatic heterocycles. The maximum Gasteiger partial charge on any atom is 0.215 e. The van der Waals surface area contributed by atoms with E-state index >= 15 is 0 Å². The van der Waals surface area contributed by atoms with E-state index < -0.39 is 0 Å². The molecule has 2 aromatic carbocycles. The third-order valence-corrected chi connectivity index (χ3v) is 4.88. The van der Waals surface area contributed by atoms with Gasteiger partial charge in [0.1, 0.15) is 11.5 Å². The van der Waals surface area contributed by atoms with E-state index in [4.69, 9.17) is 9.47 Å². The molecule has 144 valence electrons. The zero-order valence-corrected chi connectivity index (χ0v) is 16.8. The van der Waals surface area contributed by atoms with Gasteiger partial charge in [-0.3, -0.25) is 9.59 Å². The predicted molar refractivity (Wildman–Crippen MR) is 118 cm³/mol. The van der Waals surface area contributed by atoms with E-state index in [-0.39, 0.29) is 10.2 Å². The van der Waals surface area contributed by atoms with Gasteiger partial charge in [0, 0.05) is 11.2 Å². The monoisotopic (exact) mass is 412 g/mol. The van der Waals surface area contributed by atoms with E-state index in [1.165, 1.54) is 30.2 Å². The molecule has 0 unspecified atom stereocenters. The summed E-state index contributed by atoms with van der Waals surface area (Å²) in [5, 5.41) is 1.39. The van der Waals surface area contributed by atoms with Crippen LogP contribution >= 0.6 is 23.5 Å². The highest BCUT2D eigenvalue weighted by Gasteiger charge is 2.01. The molecule has 0 N–H and O–H groups in total. The largest absolute Gasteiger partial charge is 0.493 e. The van der Waals surface area contributed by atoms with Crippen LogP contribution in [0.5, 0.6) is 11.5 Å². The van der Waals surface area contributed by atoms with Crippen molar-refractivity contribution in [3.05, 3.63) is 85.5 Å². The third-order valence-electron chi connectivity index (χ3n) is 3.42. The zero-order chi connectivity index (χ0) is 20.2. The van der Waals surface area contributed by atoms with Crippen LogP contribution in [-0.2, 0) is 9.59 Å². The van der Waals surface area contributed by atoms with E-state index in [2.05, 4.69) is 13.2 Å². The topological polar surface area (TPSA) is 52.6 Å². The van der Waals surface area contributed by atoms with Crippen LogP contribution in [0.15, 0.2) is 85.5 Å². The van der Waals surface area contributed by atoms with Crippen molar-refractivity contribution >= 4 is 33.8 Å². The van der Waals surface area contributed by atoms with Crippen molar-refractivity contribution in [1.82, 2.24) is 0 Å². The standard InChI is InChI=1S/C22H20O4S2/c1-3-21(23)27-15-13-25-19-9-5-17(6-10-19)18-7-11-20(12-8-18)26-14-16-28-22(24)4-2/h3-13,15H,1-2,14,16H2. The summed E-state index contributed by atoms with van der Waals surface area (Å²) in [6, 6.07) is 15.4. The molecule has 0 amide bonds. The van der Waals surface area contributed by atoms with Gasteiger partial charge in [-0.25, -0.2) is 0 Å². The van der Waals surface area contributed by atoms with Gasteiger partial charge in [-0.15, -0.1) is 0 Å². The van der Waals surface area contributed by atoms with Crippen molar-refractivity contribution in [2.45, 2.75) is 0 Å². The first-order chi connectivity index (χ1) is 13.6. The van der Waals surface area contributed by atoms with Crippen LogP contribution in [0.2, 0.25) is 0 Å². The molecule has 0 aliphatic carbocycles. The summed E-state index contributed by atoms with van der Waals surface area (Å²) < 4.78 is 11.1. The first-order valence-electron chi connectivity index (χ1n) is 8.39. The maximum atomic E-state index is 11.1. The van der Waals surface area contributed by atoms with Gasteiger partial charge in [0.15, 0.2) is 0 Å². The normalized spacial score (nSPS) is 10.4. The van der Waals surface area contributed by atoms with E-state index in [0.29, 0.717) is 18.1 Å². The number of benzene rings is 2. The lowest BCUT2D eigenvalue weighted by molar-refractivity contribution is -0.107. The second-order valence-corrected chi connectivity index (χ2v) is 7.31. The van der Waals surface area contributed by atoms with Crippen molar-refractivity contribution in [2.75, 3.05) is 12.4 Å². The second-order valence-electron chi connectivity index (χ2n) is 5.30. The Kier molecular flexibility index (Phi) is 9.18. The molecule has 0 spiro atoms. The fourth-order valence-electron chi connectivity index (χ4n) is 2.08. The molecule has 0 saturated heterocycles. The van der Waals surface area contributed by atoms with Crippen molar-refractivity contribution in [3.63, 3.8) is 0 Å². The molecule has 28 heavy (non-hydrogen) atoms. The Hall–Kier alpha value is -2.70. The second kappa shape index (κ2) is 11.9. The summed E-state index contributed by atoms with van der Waals surface area (Å²) in [5.41, 5.74) is 2.10. The minimum absolute atomic E-state index is 0.0501. The summed E-state index contributed by atoms with van der Waals surface area (Å²) in [5.74, 6) is 2.02. The Labute approximate surface area is 173 Å². The summed E-state index contributed by atoms with van der Waals surface area (Å²) in [4.78, 5) is 22.2. The quantitative estimate of drug-likeness (QED) is 0.293. The molecule has 0 saturated carbocycles. The van der Waals surface area contributed by atoms with Crippen LogP contribution in [0, 0.1) is 0 Å². The SMILES string of the molecule is C=CC(=O)SC=COc1ccc(-c2ccc(OCCSC(=O)C=C)cc2)cc1. The first kappa shape index (κ1) is 21.6. The summed E-state index contributed by atoms with van der Waals surface area (Å²) in [6.45, 7) is 7.29. The van der Waals surface area contributed by atoms with Crippen molar-refractivity contribution in [3.8, 4) is 22.6 Å². The van der Waals surface area contributed by atoms with Crippen LogP contribution in [0.1, 0.15) is 0 Å². The molecule has 0 atom stereocenters. The van der Waals surface area contributed by atoms with Crippen molar-refractivity contribution < 1.29 is 19.1 Å². The average molecular weight is 413 g/mol. The number of ether oxygens (including phenoxy) is 2. The van der Waals surface area contributed by atoms with Gasteiger partial charge in [-0.05, 0) is 47.5 Å². The Balaban J connectivity index is 1.84. The highest BCUT2D eigenvalue weighted by atomic mass is 32.2. The number of hydrogen-bond acceptors (Lipinski definition) is 6. The molecular weight excluding hydrogens is 392 g/mol. The molecule has 0 radical (unpaired) electrons. The van der Waals surface area contributed by atoms with E-state index in [1.54, 1.807) is 5.41 Å². The molecule has 2 aromatic rings. The number of carbonyl (C=O) groups is 2. The van der Waals surface area contributed by atoms with Gasteiger partial charge < -0.3 is 9.47 Å². The van der Waals surface area contributed by atoms with Gasteiger partial charge in [0.05, 0.1) is 12.9 Å². The maximum absolute atomic E-state index is 11.1. The zero-order valence-electron chi connectivity index (χ0n) is 15.2. The third kappa shape index (κ3) is 7.50. The van der Waals surface area contributed by atoms with Crippen molar-refractivity contribution in [1.29, 1.82) is 0 Å². The average Bonchev–Trinajstić information content (AvgIpc) is 2.74. The molecular formula is C22H20O4S2. The van der Waals surface area contributed by atoms with Crippen LogP contribution in [0.25, 0.3) is 11.1 Å². The predicted octanol–water partition coefficient (Wildman–Crippen LogP) is 5.47. The summed E-state index contributed by atoms with van der Waals surface area (Å²) in [6.07, 6.45) is 4.02. The molecule has 0 aliphatic rings. The van der Waals surface area contributed by atoms with Crippen LogP contribution < -0.4 is 9.47 Å². The number of rotatable bonds is 10. The number of carbonyl (C=O) groups excluding carboxylic acids is 2. The van der Waals surface area contributed by atoms with Crippen LogP contribution in [0.4, 0.5) is 0 Å². The lowest BCUT2D eigenvalue weighted by Gasteiger charge is -2.07. The molecule has 6 heteroatoms. The molecule has 2 rings (SSSR count). The van der Waals surface area contributed by atoms with Gasteiger partial charge >= 0.3 is 0 Å². The summed E-state index contributed by atoms with van der Waals surface area (Å²) in [7, 11) is 0. The van der Waals surface area contributed by atoms with Crippen molar-refractivity contribution in [2.24, 2.45) is 0 Å². The van der Waals surface area contributed by atoms with Gasteiger partial charge in [0.25, 0.3) is 0 Å². The molecule has 0 bridgehead atoms. The highest BCUT2D eigenvalue weighted by molar-refractivity contribution is 8.16. The first-order valence-corrected chi connectivity index (χ1v) is 10.3. The fraction of sp³-hybridized carbons (Fsp3) is 0.0909. The lowest BCUT2D eigenvalue weighted by Crippen LogP contribution is -2.01. The lowest BCUT2D eigenvalue weighted by atomic mass is 10.1. The minimum Gasteiger partial charge on any atom is -0.493 e.